The molecule has 2 amide bonds. The number of sulfone groups is 1. The van der Waals surface area contributed by atoms with Crippen molar-refractivity contribution in [2.45, 2.75) is 25.8 Å². The molecule has 2 aromatic carbocycles. The zero-order valence-electron chi connectivity index (χ0n) is 16.3. The van der Waals surface area contributed by atoms with Crippen molar-refractivity contribution in [1.82, 2.24) is 10.6 Å². The SMILES string of the molecule is Cc1c(F)cc(C(=O)NC2CC2)cc1-c1ccc(C(=O)NCCS(C)(=O)=O)cc1. The van der Waals surface area contributed by atoms with E-state index in [9.17, 15) is 22.4 Å². The number of hydrogen-bond donors (Lipinski definition) is 2. The first kappa shape index (κ1) is 21.0. The number of carbonyl (C=O) groups excluding carboxylic acids is 2. The Bertz CT molecular complexity index is 1050. The molecule has 2 aromatic rings. The van der Waals surface area contributed by atoms with Gasteiger partial charge in [0.05, 0.1) is 5.75 Å². The van der Waals surface area contributed by atoms with Gasteiger partial charge in [-0.1, -0.05) is 12.1 Å². The molecule has 2 N–H and O–H groups in total. The van der Waals surface area contributed by atoms with Crippen molar-refractivity contribution in [2.24, 2.45) is 0 Å². The minimum atomic E-state index is -3.15. The maximum atomic E-state index is 14.4. The normalized spacial score (nSPS) is 13.8. The number of rotatable bonds is 7. The fourth-order valence-corrected chi connectivity index (χ4v) is 3.33. The topological polar surface area (TPSA) is 92.3 Å². The highest BCUT2D eigenvalue weighted by molar-refractivity contribution is 7.90. The van der Waals surface area contributed by atoms with Crippen LogP contribution in [0.2, 0.25) is 0 Å². The summed E-state index contributed by atoms with van der Waals surface area (Å²) >= 11 is 0. The van der Waals surface area contributed by atoms with E-state index in [1.54, 1.807) is 37.3 Å². The van der Waals surface area contributed by atoms with Crippen LogP contribution in [0.1, 0.15) is 39.1 Å². The van der Waals surface area contributed by atoms with E-state index in [0.29, 0.717) is 22.3 Å². The summed E-state index contributed by atoms with van der Waals surface area (Å²) in [5, 5.41) is 5.40. The van der Waals surface area contributed by atoms with E-state index >= 15 is 0 Å². The molecule has 0 aliphatic heterocycles. The van der Waals surface area contributed by atoms with Crippen molar-refractivity contribution in [3.63, 3.8) is 0 Å². The third-order valence-electron chi connectivity index (χ3n) is 4.74. The van der Waals surface area contributed by atoms with Crippen molar-refractivity contribution in [3.8, 4) is 11.1 Å². The molecule has 0 aromatic heterocycles. The summed E-state index contributed by atoms with van der Waals surface area (Å²) in [5.41, 5.74) is 2.30. The van der Waals surface area contributed by atoms with E-state index in [-0.39, 0.29) is 35.7 Å². The van der Waals surface area contributed by atoms with E-state index in [4.69, 9.17) is 0 Å². The number of nitrogens with one attached hydrogen (secondary N) is 2. The molecule has 1 saturated carbocycles. The van der Waals surface area contributed by atoms with Crippen LogP contribution in [0.25, 0.3) is 11.1 Å². The van der Waals surface area contributed by atoms with Crippen molar-refractivity contribution < 1.29 is 22.4 Å². The number of carbonyl (C=O) groups is 2. The number of amides is 2. The Morgan fingerprint density at radius 1 is 1.07 bits per heavy atom. The van der Waals surface area contributed by atoms with Gasteiger partial charge in [0.15, 0.2) is 0 Å². The Hall–Kier alpha value is -2.74. The highest BCUT2D eigenvalue weighted by atomic mass is 32.2. The molecular formula is C21H23FN2O4S. The smallest absolute Gasteiger partial charge is 0.251 e. The molecule has 0 spiro atoms. The van der Waals surface area contributed by atoms with Gasteiger partial charge in [-0.25, -0.2) is 12.8 Å². The third-order valence-corrected chi connectivity index (χ3v) is 5.68. The molecule has 0 bridgehead atoms. The first-order valence-corrected chi connectivity index (χ1v) is 11.4. The lowest BCUT2D eigenvalue weighted by Gasteiger charge is -2.12. The van der Waals surface area contributed by atoms with Crippen molar-refractivity contribution >= 4 is 21.7 Å². The summed E-state index contributed by atoms with van der Waals surface area (Å²) in [7, 11) is -3.15. The molecular weight excluding hydrogens is 395 g/mol. The molecule has 0 radical (unpaired) electrons. The maximum Gasteiger partial charge on any atom is 0.251 e. The van der Waals surface area contributed by atoms with E-state index in [1.807, 2.05) is 0 Å². The zero-order chi connectivity index (χ0) is 21.2. The van der Waals surface area contributed by atoms with Crippen molar-refractivity contribution in [3.05, 3.63) is 58.9 Å². The van der Waals surface area contributed by atoms with E-state index < -0.39 is 15.7 Å². The predicted molar refractivity (Wildman–Crippen MR) is 109 cm³/mol. The lowest BCUT2D eigenvalue weighted by atomic mass is 9.96. The Morgan fingerprint density at radius 2 is 1.72 bits per heavy atom. The van der Waals surface area contributed by atoms with Crippen molar-refractivity contribution in [2.75, 3.05) is 18.6 Å². The monoisotopic (exact) mass is 418 g/mol. The van der Waals surface area contributed by atoms with Crippen LogP contribution in [0.5, 0.6) is 0 Å². The van der Waals surface area contributed by atoms with E-state index in [2.05, 4.69) is 10.6 Å². The molecule has 0 atom stereocenters. The second-order valence-electron chi connectivity index (χ2n) is 7.34. The van der Waals surface area contributed by atoms with Crippen LogP contribution in [0.15, 0.2) is 36.4 Å². The van der Waals surface area contributed by atoms with Crippen LogP contribution in [0.4, 0.5) is 4.39 Å². The van der Waals surface area contributed by atoms with Crippen LogP contribution in [-0.2, 0) is 9.84 Å². The second kappa shape index (κ2) is 8.32. The van der Waals surface area contributed by atoms with Gasteiger partial charge in [0.2, 0.25) is 0 Å². The van der Waals surface area contributed by atoms with Gasteiger partial charge < -0.3 is 10.6 Å². The summed E-state index contributed by atoms with van der Waals surface area (Å²) in [6.07, 6.45) is 3.00. The zero-order valence-corrected chi connectivity index (χ0v) is 17.1. The summed E-state index contributed by atoms with van der Waals surface area (Å²) in [6.45, 7) is 1.67. The molecule has 1 aliphatic carbocycles. The molecule has 6 nitrogen and oxygen atoms in total. The van der Waals surface area contributed by atoms with Gasteiger partial charge in [0.1, 0.15) is 15.7 Å². The molecule has 0 saturated heterocycles. The van der Waals surface area contributed by atoms with Crippen LogP contribution in [0, 0.1) is 12.7 Å². The standard InChI is InChI=1S/C21H23FN2O4S/c1-13-18(11-16(12-19(13)22)21(26)24-17-7-8-17)14-3-5-15(6-4-14)20(25)23-9-10-29(2,27)28/h3-6,11-12,17H,7-10H2,1-2H3,(H,23,25)(H,24,26). The number of hydrogen-bond acceptors (Lipinski definition) is 4. The molecule has 8 heteroatoms. The summed E-state index contributed by atoms with van der Waals surface area (Å²) in [6, 6.07) is 9.58. The van der Waals surface area contributed by atoms with Gasteiger partial charge in [-0.2, -0.15) is 0 Å². The van der Waals surface area contributed by atoms with Gasteiger partial charge in [-0.05, 0) is 60.7 Å². The lowest BCUT2D eigenvalue weighted by molar-refractivity contribution is 0.0944. The first-order chi connectivity index (χ1) is 13.6. The summed E-state index contributed by atoms with van der Waals surface area (Å²) in [4.78, 5) is 24.4. The van der Waals surface area contributed by atoms with Crippen molar-refractivity contribution in [1.29, 1.82) is 0 Å². The Balaban J connectivity index is 1.77. The molecule has 1 fully saturated rings. The van der Waals surface area contributed by atoms with E-state index in [1.165, 1.54) is 6.07 Å². The molecule has 154 valence electrons. The number of halogens is 1. The Kier molecular flexibility index (Phi) is 6.02. The Morgan fingerprint density at radius 3 is 2.31 bits per heavy atom. The van der Waals surface area contributed by atoms with Crippen LogP contribution in [-0.4, -0.2) is 44.8 Å². The highest BCUT2D eigenvalue weighted by Crippen LogP contribution is 2.28. The molecule has 0 heterocycles. The van der Waals surface area contributed by atoms with E-state index in [0.717, 1.165) is 19.1 Å². The van der Waals surface area contributed by atoms with Gasteiger partial charge in [-0.3, -0.25) is 9.59 Å². The minimum Gasteiger partial charge on any atom is -0.351 e. The Labute approximate surface area is 169 Å². The van der Waals surface area contributed by atoms with Gasteiger partial charge in [0, 0.05) is 30.0 Å². The largest absolute Gasteiger partial charge is 0.351 e. The van der Waals surface area contributed by atoms with Gasteiger partial charge in [-0.15, -0.1) is 0 Å². The average Bonchev–Trinajstić information content (AvgIpc) is 3.47. The van der Waals surface area contributed by atoms with Crippen LogP contribution < -0.4 is 10.6 Å². The van der Waals surface area contributed by atoms with Crippen LogP contribution in [0.3, 0.4) is 0 Å². The first-order valence-electron chi connectivity index (χ1n) is 9.31. The molecule has 29 heavy (non-hydrogen) atoms. The highest BCUT2D eigenvalue weighted by Gasteiger charge is 2.24. The molecule has 3 rings (SSSR count). The summed E-state index contributed by atoms with van der Waals surface area (Å²) in [5.74, 6) is -1.29. The lowest BCUT2D eigenvalue weighted by Crippen LogP contribution is -2.28. The summed E-state index contributed by atoms with van der Waals surface area (Å²) < 4.78 is 36.7. The predicted octanol–water partition coefficient (Wildman–Crippen LogP) is 2.47. The van der Waals surface area contributed by atoms with Crippen LogP contribution >= 0.6 is 0 Å². The fourth-order valence-electron chi connectivity index (χ4n) is 2.86. The minimum absolute atomic E-state index is 0.0297. The average molecular weight is 418 g/mol. The fraction of sp³-hybridized carbons (Fsp3) is 0.333. The molecule has 1 aliphatic rings. The van der Waals surface area contributed by atoms with Gasteiger partial charge in [0.25, 0.3) is 11.8 Å². The number of benzene rings is 2. The van der Waals surface area contributed by atoms with Gasteiger partial charge >= 0.3 is 0 Å². The third kappa shape index (κ3) is 5.63. The maximum absolute atomic E-state index is 14.4. The second-order valence-corrected chi connectivity index (χ2v) is 9.60. The quantitative estimate of drug-likeness (QED) is 0.723. The molecule has 0 unspecified atom stereocenters.